The van der Waals surface area contributed by atoms with Crippen LogP contribution < -0.4 is 9.80 Å². The maximum Gasteiger partial charge on any atom is 0.0546 e. The van der Waals surface area contributed by atoms with Gasteiger partial charge in [-0.25, -0.2) is 0 Å². The standard InChI is InChI=1S/C40H28N2/c1-4-14-29(15-5-1)31-26-34(41(32-18-6-2-7-19-32)33-20-8-3-9-21-33)28-35(27-31)42-38-24-11-10-22-36(38)37-23-12-16-30-17-13-25-39(42)40(30)37/h1-28H. The Hall–Kier alpha value is -5.60. The predicted molar refractivity (Wildman–Crippen MR) is 178 cm³/mol. The first-order valence-electron chi connectivity index (χ1n) is 14.4. The second-order valence-electron chi connectivity index (χ2n) is 10.6. The Bertz CT molecular complexity index is 1990. The molecule has 0 atom stereocenters. The zero-order valence-corrected chi connectivity index (χ0v) is 23.1. The SMILES string of the molecule is c1ccc(-c2cc(N(c3ccccc3)c3ccccc3)cc(N3c4ccccc4-c4cccc5cccc3c45)c2)cc1. The van der Waals surface area contributed by atoms with E-state index in [-0.39, 0.29) is 0 Å². The third kappa shape index (κ3) is 4.05. The van der Waals surface area contributed by atoms with Gasteiger partial charge in [0.05, 0.1) is 11.4 Å². The van der Waals surface area contributed by atoms with Crippen molar-refractivity contribution >= 4 is 44.9 Å². The van der Waals surface area contributed by atoms with Crippen molar-refractivity contribution in [1.29, 1.82) is 0 Å². The van der Waals surface area contributed by atoms with Gasteiger partial charge in [0.25, 0.3) is 0 Å². The van der Waals surface area contributed by atoms with Gasteiger partial charge in [-0.15, -0.1) is 0 Å². The van der Waals surface area contributed by atoms with E-state index in [1.807, 2.05) is 0 Å². The van der Waals surface area contributed by atoms with Crippen LogP contribution >= 0.6 is 0 Å². The lowest BCUT2D eigenvalue weighted by molar-refractivity contribution is 1.25. The second-order valence-corrected chi connectivity index (χ2v) is 10.6. The minimum absolute atomic E-state index is 1.10. The van der Waals surface area contributed by atoms with Crippen LogP contribution in [0.3, 0.4) is 0 Å². The molecular formula is C40H28N2. The van der Waals surface area contributed by atoms with Gasteiger partial charge in [-0.3, -0.25) is 0 Å². The van der Waals surface area contributed by atoms with E-state index < -0.39 is 0 Å². The molecule has 1 aliphatic rings. The summed E-state index contributed by atoms with van der Waals surface area (Å²) in [6, 6.07) is 60.9. The second kappa shape index (κ2) is 10.1. The summed E-state index contributed by atoms with van der Waals surface area (Å²) in [5, 5.41) is 2.53. The quantitative estimate of drug-likeness (QED) is 0.216. The predicted octanol–water partition coefficient (Wildman–Crippen LogP) is 11.4. The summed E-state index contributed by atoms with van der Waals surface area (Å²) in [4.78, 5) is 4.79. The first-order valence-corrected chi connectivity index (χ1v) is 14.4. The minimum atomic E-state index is 1.10. The molecule has 7 aromatic carbocycles. The molecule has 0 unspecified atom stereocenters. The van der Waals surface area contributed by atoms with Crippen LogP contribution in [0.25, 0.3) is 33.0 Å². The fraction of sp³-hybridized carbons (Fsp3) is 0. The molecule has 0 radical (unpaired) electrons. The summed E-state index contributed by atoms with van der Waals surface area (Å²) >= 11 is 0. The van der Waals surface area contributed by atoms with Crippen LogP contribution in [-0.2, 0) is 0 Å². The van der Waals surface area contributed by atoms with Crippen molar-refractivity contribution in [3.8, 4) is 22.3 Å². The molecule has 198 valence electrons. The van der Waals surface area contributed by atoms with Crippen LogP contribution in [0, 0.1) is 0 Å². The van der Waals surface area contributed by atoms with Crippen molar-refractivity contribution in [1.82, 2.24) is 0 Å². The number of hydrogen-bond donors (Lipinski definition) is 0. The summed E-state index contributed by atoms with van der Waals surface area (Å²) in [7, 11) is 0. The van der Waals surface area contributed by atoms with E-state index in [1.54, 1.807) is 0 Å². The van der Waals surface area contributed by atoms with Crippen LogP contribution in [0.15, 0.2) is 170 Å². The highest BCUT2D eigenvalue weighted by molar-refractivity contribution is 6.14. The lowest BCUT2D eigenvalue weighted by atomic mass is 9.90. The van der Waals surface area contributed by atoms with E-state index in [9.17, 15) is 0 Å². The van der Waals surface area contributed by atoms with Crippen LogP contribution in [-0.4, -0.2) is 0 Å². The van der Waals surface area contributed by atoms with E-state index in [0.717, 1.165) is 22.7 Å². The molecule has 0 saturated carbocycles. The molecule has 8 rings (SSSR count). The molecular weight excluding hydrogens is 508 g/mol. The van der Waals surface area contributed by atoms with Gasteiger partial charge < -0.3 is 9.80 Å². The molecule has 7 aromatic rings. The van der Waals surface area contributed by atoms with E-state index in [0.29, 0.717) is 0 Å². The van der Waals surface area contributed by atoms with Crippen molar-refractivity contribution in [3.05, 3.63) is 170 Å². The third-order valence-corrected chi connectivity index (χ3v) is 8.11. The van der Waals surface area contributed by atoms with Gasteiger partial charge in [0.1, 0.15) is 0 Å². The first-order chi connectivity index (χ1) is 20.8. The normalized spacial score (nSPS) is 11.8. The minimum Gasteiger partial charge on any atom is -0.310 e. The van der Waals surface area contributed by atoms with Gasteiger partial charge >= 0.3 is 0 Å². The molecule has 2 nitrogen and oxygen atoms in total. The fourth-order valence-electron chi connectivity index (χ4n) is 6.29. The first kappa shape index (κ1) is 24.2. The van der Waals surface area contributed by atoms with Gasteiger partial charge in [-0.2, -0.15) is 0 Å². The highest BCUT2D eigenvalue weighted by Gasteiger charge is 2.27. The van der Waals surface area contributed by atoms with Crippen molar-refractivity contribution in [2.24, 2.45) is 0 Å². The van der Waals surface area contributed by atoms with Crippen molar-refractivity contribution < 1.29 is 0 Å². The van der Waals surface area contributed by atoms with Gasteiger partial charge in [0.15, 0.2) is 0 Å². The summed E-state index contributed by atoms with van der Waals surface area (Å²) in [6.07, 6.45) is 0. The summed E-state index contributed by atoms with van der Waals surface area (Å²) in [5.74, 6) is 0. The molecule has 0 aliphatic carbocycles. The Balaban J connectivity index is 1.43. The molecule has 1 aliphatic heterocycles. The average Bonchev–Trinajstić information content (AvgIpc) is 3.06. The van der Waals surface area contributed by atoms with E-state index in [1.165, 1.54) is 44.4 Å². The third-order valence-electron chi connectivity index (χ3n) is 8.11. The van der Waals surface area contributed by atoms with Gasteiger partial charge in [-0.1, -0.05) is 115 Å². The average molecular weight is 537 g/mol. The molecule has 0 N–H and O–H groups in total. The number of fused-ring (bicyclic) bond motifs is 2. The highest BCUT2D eigenvalue weighted by atomic mass is 15.2. The Morgan fingerprint density at radius 3 is 1.67 bits per heavy atom. The molecule has 0 bridgehead atoms. The topological polar surface area (TPSA) is 6.48 Å². The van der Waals surface area contributed by atoms with E-state index >= 15 is 0 Å². The molecule has 2 heteroatoms. The number of anilines is 6. The number of nitrogens with zero attached hydrogens (tertiary/aromatic N) is 2. The zero-order chi connectivity index (χ0) is 27.9. The van der Waals surface area contributed by atoms with Crippen molar-refractivity contribution in [2.45, 2.75) is 0 Å². The maximum atomic E-state index is 2.44. The van der Waals surface area contributed by atoms with Gasteiger partial charge in [-0.05, 0) is 76.7 Å². The Kier molecular flexibility index (Phi) is 5.82. The lowest BCUT2D eigenvalue weighted by Gasteiger charge is -2.35. The monoisotopic (exact) mass is 536 g/mol. The van der Waals surface area contributed by atoms with Crippen molar-refractivity contribution in [2.75, 3.05) is 9.80 Å². The molecule has 0 spiro atoms. The fourth-order valence-corrected chi connectivity index (χ4v) is 6.29. The number of benzene rings is 7. The number of rotatable bonds is 5. The largest absolute Gasteiger partial charge is 0.310 e. The Labute approximate surface area is 246 Å². The summed E-state index contributed by atoms with van der Waals surface area (Å²) in [6.45, 7) is 0. The summed E-state index contributed by atoms with van der Waals surface area (Å²) in [5.41, 5.74) is 11.7. The molecule has 0 saturated heterocycles. The smallest absolute Gasteiger partial charge is 0.0546 e. The van der Waals surface area contributed by atoms with Crippen LogP contribution in [0.5, 0.6) is 0 Å². The molecule has 0 fully saturated rings. The maximum absolute atomic E-state index is 2.44. The molecule has 42 heavy (non-hydrogen) atoms. The van der Waals surface area contributed by atoms with Crippen molar-refractivity contribution in [3.63, 3.8) is 0 Å². The van der Waals surface area contributed by atoms with Gasteiger partial charge in [0, 0.05) is 33.7 Å². The van der Waals surface area contributed by atoms with Crippen LogP contribution in [0.2, 0.25) is 0 Å². The number of hydrogen-bond acceptors (Lipinski definition) is 2. The Morgan fingerprint density at radius 1 is 0.381 bits per heavy atom. The van der Waals surface area contributed by atoms with Gasteiger partial charge in [0.2, 0.25) is 0 Å². The molecule has 0 aromatic heterocycles. The van der Waals surface area contributed by atoms with Crippen LogP contribution in [0.1, 0.15) is 0 Å². The molecule has 0 amide bonds. The van der Waals surface area contributed by atoms with E-state index in [4.69, 9.17) is 0 Å². The number of para-hydroxylation sites is 3. The molecule has 1 heterocycles. The summed E-state index contributed by atoms with van der Waals surface area (Å²) < 4.78 is 0. The lowest BCUT2D eigenvalue weighted by Crippen LogP contribution is -2.16. The zero-order valence-electron chi connectivity index (χ0n) is 23.1. The van der Waals surface area contributed by atoms with E-state index in [2.05, 4.69) is 180 Å². The Morgan fingerprint density at radius 2 is 0.952 bits per heavy atom. The highest BCUT2D eigenvalue weighted by Crippen LogP contribution is 2.52. The van der Waals surface area contributed by atoms with Crippen LogP contribution in [0.4, 0.5) is 34.1 Å².